The van der Waals surface area contributed by atoms with Gasteiger partial charge in [0.25, 0.3) is 0 Å². The summed E-state index contributed by atoms with van der Waals surface area (Å²) in [7, 11) is 2.12. The number of fused-ring (bicyclic) bond motifs is 2. The van der Waals surface area contributed by atoms with Gasteiger partial charge in [-0.1, -0.05) is 12.5 Å². The third-order valence-electron chi connectivity index (χ3n) is 5.53. The monoisotopic (exact) mass is 325 g/mol. The Kier molecular flexibility index (Phi) is 4.25. The minimum Gasteiger partial charge on any atom is -0.300 e. The summed E-state index contributed by atoms with van der Waals surface area (Å²) in [5.74, 6) is -0.0514. The molecule has 2 saturated heterocycles. The van der Waals surface area contributed by atoms with E-state index in [9.17, 15) is 18.0 Å². The van der Waals surface area contributed by atoms with Crippen LogP contribution < -0.4 is 0 Å². The summed E-state index contributed by atoms with van der Waals surface area (Å²) in [6.45, 7) is 1.42. The summed E-state index contributed by atoms with van der Waals surface area (Å²) < 4.78 is 38.5. The molecule has 1 aromatic carbocycles. The number of aryl methyl sites for hydroxylation is 1. The standard InChI is InChI=1S/C18H22F3NO/c1-11-8-12(6-7-16(11)18(19,20)21)17(23)13-9-14-4-3-5-15(10-13)22(14)2/h6-8,13-15H,3-5,9-10H2,1-2H3. The van der Waals surface area contributed by atoms with Crippen molar-refractivity contribution in [3.05, 3.63) is 34.9 Å². The summed E-state index contributed by atoms with van der Waals surface area (Å²) in [6, 6.07) is 4.66. The van der Waals surface area contributed by atoms with Crippen molar-refractivity contribution >= 4 is 5.78 Å². The summed E-state index contributed by atoms with van der Waals surface area (Å²) in [5.41, 5.74) is -0.117. The molecule has 2 aliphatic rings. The van der Waals surface area contributed by atoms with Crippen LogP contribution in [0, 0.1) is 12.8 Å². The normalized spacial score (nSPS) is 28.7. The highest BCUT2D eigenvalue weighted by Gasteiger charge is 2.39. The van der Waals surface area contributed by atoms with Gasteiger partial charge in [0.15, 0.2) is 5.78 Å². The molecular weight excluding hydrogens is 303 g/mol. The number of rotatable bonds is 2. The van der Waals surface area contributed by atoms with Crippen LogP contribution in [0.15, 0.2) is 18.2 Å². The van der Waals surface area contributed by atoms with Crippen LogP contribution in [0.2, 0.25) is 0 Å². The molecule has 126 valence electrons. The van der Waals surface area contributed by atoms with E-state index >= 15 is 0 Å². The van der Waals surface area contributed by atoms with E-state index in [2.05, 4.69) is 11.9 Å². The van der Waals surface area contributed by atoms with E-state index in [1.807, 2.05) is 0 Å². The summed E-state index contributed by atoms with van der Waals surface area (Å²) >= 11 is 0. The van der Waals surface area contributed by atoms with Crippen LogP contribution in [-0.2, 0) is 6.18 Å². The van der Waals surface area contributed by atoms with Crippen LogP contribution in [0.5, 0.6) is 0 Å². The second kappa shape index (κ2) is 5.93. The number of hydrogen-bond donors (Lipinski definition) is 0. The quantitative estimate of drug-likeness (QED) is 0.748. The lowest BCUT2D eigenvalue weighted by atomic mass is 9.76. The van der Waals surface area contributed by atoms with E-state index in [1.165, 1.54) is 25.5 Å². The first kappa shape index (κ1) is 16.5. The zero-order chi connectivity index (χ0) is 16.8. The van der Waals surface area contributed by atoms with Gasteiger partial charge in [0.05, 0.1) is 5.56 Å². The number of hydrogen-bond acceptors (Lipinski definition) is 2. The van der Waals surface area contributed by atoms with Gasteiger partial charge in [-0.2, -0.15) is 13.2 Å². The Labute approximate surface area is 134 Å². The van der Waals surface area contributed by atoms with Gasteiger partial charge in [0.2, 0.25) is 0 Å². The Bertz CT molecular complexity index is 597. The molecule has 2 bridgehead atoms. The molecule has 23 heavy (non-hydrogen) atoms. The Balaban J connectivity index is 1.80. The first-order valence-electron chi connectivity index (χ1n) is 8.21. The zero-order valence-electron chi connectivity index (χ0n) is 13.5. The highest BCUT2D eigenvalue weighted by Crippen LogP contribution is 2.38. The maximum atomic E-state index is 12.8. The zero-order valence-corrected chi connectivity index (χ0v) is 13.5. The van der Waals surface area contributed by atoms with Gasteiger partial charge in [-0.3, -0.25) is 4.79 Å². The van der Waals surface area contributed by atoms with E-state index in [0.29, 0.717) is 17.6 Å². The fraction of sp³-hybridized carbons (Fsp3) is 0.611. The number of carbonyl (C=O) groups is 1. The number of alkyl halides is 3. The minimum atomic E-state index is -4.36. The van der Waals surface area contributed by atoms with Crippen molar-refractivity contribution in [2.75, 3.05) is 7.05 Å². The van der Waals surface area contributed by atoms with E-state index in [-0.39, 0.29) is 17.3 Å². The number of piperidine rings is 2. The molecule has 1 aromatic rings. The Morgan fingerprint density at radius 2 is 1.78 bits per heavy atom. The number of carbonyl (C=O) groups excluding carboxylic acids is 1. The predicted octanol–water partition coefficient (Wildman–Crippen LogP) is 4.46. The van der Waals surface area contributed by atoms with Crippen molar-refractivity contribution in [3.63, 3.8) is 0 Å². The largest absolute Gasteiger partial charge is 0.416 e. The highest BCUT2D eigenvalue weighted by molar-refractivity contribution is 5.98. The van der Waals surface area contributed by atoms with Crippen molar-refractivity contribution in [3.8, 4) is 0 Å². The van der Waals surface area contributed by atoms with Crippen LogP contribution in [-0.4, -0.2) is 29.8 Å². The van der Waals surface area contributed by atoms with Gasteiger partial charge >= 0.3 is 6.18 Å². The number of nitrogens with zero attached hydrogens (tertiary/aromatic N) is 1. The van der Waals surface area contributed by atoms with Gasteiger partial charge in [-0.05, 0) is 57.4 Å². The van der Waals surface area contributed by atoms with Crippen molar-refractivity contribution < 1.29 is 18.0 Å². The molecule has 2 unspecified atom stereocenters. The SMILES string of the molecule is Cc1cc(C(=O)C2CC3CCCC(C2)N3C)ccc1C(F)(F)F. The molecule has 0 spiro atoms. The predicted molar refractivity (Wildman–Crippen MR) is 82.4 cm³/mol. The first-order chi connectivity index (χ1) is 10.8. The Morgan fingerprint density at radius 3 is 2.30 bits per heavy atom. The highest BCUT2D eigenvalue weighted by atomic mass is 19.4. The summed E-state index contributed by atoms with van der Waals surface area (Å²) in [6.07, 6.45) is 0.722. The average molecular weight is 325 g/mol. The van der Waals surface area contributed by atoms with Crippen LogP contribution in [0.1, 0.15) is 53.6 Å². The van der Waals surface area contributed by atoms with Crippen molar-refractivity contribution in [2.24, 2.45) is 5.92 Å². The fourth-order valence-corrected chi connectivity index (χ4v) is 4.20. The molecule has 0 aliphatic carbocycles. The molecule has 2 atom stereocenters. The molecule has 5 heteroatoms. The maximum Gasteiger partial charge on any atom is 0.416 e. The van der Waals surface area contributed by atoms with Crippen LogP contribution >= 0.6 is 0 Å². The molecule has 0 aromatic heterocycles. The topological polar surface area (TPSA) is 20.3 Å². The van der Waals surface area contributed by atoms with Crippen molar-refractivity contribution in [1.29, 1.82) is 0 Å². The Hall–Kier alpha value is -1.36. The molecule has 0 amide bonds. The summed E-state index contributed by atoms with van der Waals surface area (Å²) in [4.78, 5) is 15.1. The third kappa shape index (κ3) is 3.16. The molecule has 0 radical (unpaired) electrons. The average Bonchev–Trinajstić information content (AvgIpc) is 2.44. The van der Waals surface area contributed by atoms with E-state index < -0.39 is 11.7 Å². The minimum absolute atomic E-state index is 0.00632. The number of Topliss-reactive ketones (excluding diaryl/α,β-unsaturated/α-hetero) is 1. The van der Waals surface area contributed by atoms with Crippen molar-refractivity contribution in [1.82, 2.24) is 4.90 Å². The third-order valence-corrected chi connectivity index (χ3v) is 5.53. The van der Waals surface area contributed by atoms with Gasteiger partial charge in [-0.25, -0.2) is 0 Å². The van der Waals surface area contributed by atoms with E-state index in [1.54, 1.807) is 0 Å². The molecule has 0 saturated carbocycles. The number of halogens is 3. The molecule has 3 rings (SSSR count). The van der Waals surface area contributed by atoms with Crippen molar-refractivity contribution in [2.45, 2.75) is 57.3 Å². The van der Waals surface area contributed by atoms with Gasteiger partial charge in [0.1, 0.15) is 0 Å². The van der Waals surface area contributed by atoms with Gasteiger partial charge < -0.3 is 4.90 Å². The maximum absolute atomic E-state index is 12.8. The van der Waals surface area contributed by atoms with Crippen LogP contribution in [0.25, 0.3) is 0 Å². The molecule has 0 N–H and O–H groups in total. The van der Waals surface area contributed by atoms with Gasteiger partial charge in [-0.15, -0.1) is 0 Å². The first-order valence-corrected chi connectivity index (χ1v) is 8.21. The lowest BCUT2D eigenvalue weighted by Gasteiger charge is -2.46. The fourth-order valence-electron chi connectivity index (χ4n) is 4.20. The van der Waals surface area contributed by atoms with E-state index in [0.717, 1.165) is 31.7 Å². The number of ketones is 1. The smallest absolute Gasteiger partial charge is 0.300 e. The number of benzene rings is 1. The molecule has 2 aliphatic heterocycles. The van der Waals surface area contributed by atoms with E-state index in [4.69, 9.17) is 0 Å². The van der Waals surface area contributed by atoms with Crippen LogP contribution in [0.3, 0.4) is 0 Å². The second-order valence-electron chi connectivity index (χ2n) is 6.96. The Morgan fingerprint density at radius 1 is 1.17 bits per heavy atom. The lowest BCUT2D eigenvalue weighted by molar-refractivity contribution is -0.138. The molecule has 2 heterocycles. The molecule has 2 nitrogen and oxygen atoms in total. The molecule has 2 fully saturated rings. The lowest BCUT2D eigenvalue weighted by Crippen LogP contribution is -2.51. The van der Waals surface area contributed by atoms with Gasteiger partial charge in [0, 0.05) is 23.6 Å². The second-order valence-corrected chi connectivity index (χ2v) is 6.96. The molecular formula is C18H22F3NO. The summed E-state index contributed by atoms with van der Waals surface area (Å²) in [5, 5.41) is 0. The van der Waals surface area contributed by atoms with Crippen LogP contribution in [0.4, 0.5) is 13.2 Å².